The van der Waals surface area contributed by atoms with Crippen LogP contribution in [0, 0.1) is 12.8 Å². The summed E-state index contributed by atoms with van der Waals surface area (Å²) in [5.41, 5.74) is 1.04. The largest absolute Gasteiger partial charge is 0.243 e. The van der Waals surface area contributed by atoms with Gasteiger partial charge < -0.3 is 0 Å². The summed E-state index contributed by atoms with van der Waals surface area (Å²) in [5, 5.41) is 0. The van der Waals surface area contributed by atoms with Gasteiger partial charge in [-0.15, -0.1) is 0 Å². The molecule has 0 aliphatic heterocycles. The Morgan fingerprint density at radius 3 is 2.59 bits per heavy atom. The Balaban J connectivity index is 2.29. The van der Waals surface area contributed by atoms with Crippen molar-refractivity contribution in [2.24, 2.45) is 5.92 Å². The Morgan fingerprint density at radius 2 is 2.06 bits per heavy atom. The van der Waals surface area contributed by atoms with Crippen molar-refractivity contribution in [2.75, 3.05) is 13.6 Å². The Bertz CT molecular complexity index is 523. The number of aryl methyl sites for hydroxylation is 1. The maximum Gasteiger partial charge on any atom is 0.243 e. The fourth-order valence-electron chi connectivity index (χ4n) is 1.75. The van der Waals surface area contributed by atoms with Gasteiger partial charge in [0.15, 0.2) is 0 Å². The minimum absolute atomic E-state index is 0.353. The lowest BCUT2D eigenvalue weighted by Crippen LogP contribution is -2.29. The number of rotatable bonds is 4. The number of benzene rings is 1. The molecule has 1 aromatic rings. The first kappa shape index (κ1) is 13.1. The van der Waals surface area contributed by atoms with Crippen molar-refractivity contribution in [1.29, 1.82) is 0 Å². The van der Waals surface area contributed by atoms with Gasteiger partial charge >= 0.3 is 0 Å². The van der Waals surface area contributed by atoms with E-state index >= 15 is 0 Å². The molecule has 0 unspecified atom stereocenters. The van der Waals surface area contributed by atoms with Crippen LogP contribution in [0.5, 0.6) is 0 Å². The minimum atomic E-state index is -3.36. The average Bonchev–Trinajstić information content (AvgIpc) is 3.00. The summed E-state index contributed by atoms with van der Waals surface area (Å²) >= 11 is 3.33. The van der Waals surface area contributed by atoms with E-state index < -0.39 is 10.0 Å². The fourth-order valence-corrected chi connectivity index (χ4v) is 4.14. The molecule has 1 saturated carbocycles. The molecular formula is C12H16BrNO2S. The van der Waals surface area contributed by atoms with Crippen LogP contribution in [-0.2, 0) is 10.0 Å². The molecule has 5 heteroatoms. The smallest absolute Gasteiger partial charge is 0.207 e. The zero-order chi connectivity index (χ0) is 12.6. The summed E-state index contributed by atoms with van der Waals surface area (Å²) in [7, 11) is -1.70. The van der Waals surface area contributed by atoms with E-state index in [9.17, 15) is 8.42 Å². The molecule has 0 amide bonds. The van der Waals surface area contributed by atoms with E-state index in [1.807, 2.05) is 19.1 Å². The Morgan fingerprint density at radius 1 is 1.41 bits per heavy atom. The molecule has 2 rings (SSSR count). The third-order valence-corrected chi connectivity index (χ3v) is 5.79. The summed E-state index contributed by atoms with van der Waals surface area (Å²) in [5.74, 6) is 0.555. The number of halogens is 1. The molecule has 0 bridgehead atoms. The van der Waals surface area contributed by atoms with E-state index in [2.05, 4.69) is 15.9 Å². The summed E-state index contributed by atoms with van der Waals surface area (Å²) in [4.78, 5) is 0.353. The fraction of sp³-hybridized carbons (Fsp3) is 0.500. The van der Waals surface area contributed by atoms with Gasteiger partial charge in [0.05, 0.1) is 4.90 Å². The molecule has 3 nitrogen and oxygen atoms in total. The third-order valence-electron chi connectivity index (χ3n) is 2.99. The molecule has 0 atom stereocenters. The lowest BCUT2D eigenvalue weighted by atomic mass is 10.2. The second kappa shape index (κ2) is 4.71. The van der Waals surface area contributed by atoms with Crippen LogP contribution in [-0.4, -0.2) is 26.3 Å². The van der Waals surface area contributed by atoms with Crippen molar-refractivity contribution in [2.45, 2.75) is 24.7 Å². The molecular weight excluding hydrogens is 302 g/mol. The molecule has 1 aliphatic carbocycles. The van der Waals surface area contributed by atoms with Gasteiger partial charge in [-0.2, -0.15) is 0 Å². The van der Waals surface area contributed by atoms with E-state index in [4.69, 9.17) is 0 Å². The summed E-state index contributed by atoms with van der Waals surface area (Å²) < 4.78 is 26.7. The van der Waals surface area contributed by atoms with E-state index in [1.54, 1.807) is 13.1 Å². The van der Waals surface area contributed by atoms with E-state index in [0.29, 0.717) is 21.8 Å². The molecule has 0 radical (unpaired) electrons. The van der Waals surface area contributed by atoms with E-state index in [0.717, 1.165) is 18.4 Å². The quantitative estimate of drug-likeness (QED) is 0.856. The van der Waals surface area contributed by atoms with E-state index in [-0.39, 0.29) is 0 Å². The normalized spacial score (nSPS) is 16.5. The van der Waals surface area contributed by atoms with Crippen molar-refractivity contribution < 1.29 is 8.42 Å². The highest BCUT2D eigenvalue weighted by Crippen LogP contribution is 2.32. The van der Waals surface area contributed by atoms with Crippen molar-refractivity contribution in [1.82, 2.24) is 4.31 Å². The van der Waals surface area contributed by atoms with Gasteiger partial charge in [0.25, 0.3) is 0 Å². The molecule has 0 aromatic heterocycles. The molecule has 1 aromatic carbocycles. The van der Waals surface area contributed by atoms with Crippen LogP contribution in [0.25, 0.3) is 0 Å². The lowest BCUT2D eigenvalue weighted by molar-refractivity contribution is 0.452. The zero-order valence-electron chi connectivity index (χ0n) is 9.98. The Labute approximate surface area is 111 Å². The zero-order valence-corrected chi connectivity index (χ0v) is 12.4. The highest BCUT2D eigenvalue weighted by molar-refractivity contribution is 9.10. The highest BCUT2D eigenvalue weighted by Gasteiger charge is 2.30. The van der Waals surface area contributed by atoms with Gasteiger partial charge in [-0.3, -0.25) is 0 Å². The van der Waals surface area contributed by atoms with Gasteiger partial charge in [-0.05, 0) is 59.3 Å². The van der Waals surface area contributed by atoms with Gasteiger partial charge in [0.2, 0.25) is 10.0 Å². The number of nitrogens with zero attached hydrogens (tertiary/aromatic N) is 1. The Kier molecular flexibility index (Phi) is 3.61. The summed E-state index contributed by atoms with van der Waals surface area (Å²) in [6.45, 7) is 2.57. The Hall–Kier alpha value is -0.390. The van der Waals surface area contributed by atoms with Crippen LogP contribution in [0.2, 0.25) is 0 Å². The van der Waals surface area contributed by atoms with E-state index in [1.165, 1.54) is 4.31 Å². The predicted molar refractivity (Wildman–Crippen MR) is 71.4 cm³/mol. The second-order valence-corrected chi connectivity index (χ2v) is 7.53. The topological polar surface area (TPSA) is 37.4 Å². The molecule has 0 saturated heterocycles. The highest BCUT2D eigenvalue weighted by atomic mass is 79.9. The summed E-state index contributed by atoms with van der Waals surface area (Å²) in [6, 6.07) is 5.32. The molecule has 0 spiro atoms. The molecule has 94 valence electrons. The first-order valence-corrected chi connectivity index (χ1v) is 7.87. The van der Waals surface area contributed by atoms with Gasteiger partial charge in [0, 0.05) is 18.1 Å². The number of hydrogen-bond donors (Lipinski definition) is 0. The van der Waals surface area contributed by atoms with Crippen molar-refractivity contribution in [3.63, 3.8) is 0 Å². The van der Waals surface area contributed by atoms with Crippen LogP contribution in [0.1, 0.15) is 18.4 Å². The first-order valence-electron chi connectivity index (χ1n) is 5.64. The van der Waals surface area contributed by atoms with Gasteiger partial charge in [0.1, 0.15) is 0 Å². The SMILES string of the molecule is Cc1ccc(S(=O)(=O)N(C)CC2CC2)c(Br)c1. The van der Waals surface area contributed by atoms with Crippen LogP contribution >= 0.6 is 15.9 Å². The van der Waals surface area contributed by atoms with Crippen LogP contribution < -0.4 is 0 Å². The van der Waals surface area contributed by atoms with Crippen LogP contribution in [0.4, 0.5) is 0 Å². The monoisotopic (exact) mass is 317 g/mol. The van der Waals surface area contributed by atoms with Crippen LogP contribution in [0.15, 0.2) is 27.6 Å². The predicted octanol–water partition coefficient (Wildman–Crippen LogP) is 2.79. The third kappa shape index (κ3) is 2.89. The van der Waals surface area contributed by atoms with Crippen LogP contribution in [0.3, 0.4) is 0 Å². The van der Waals surface area contributed by atoms with Crippen molar-refractivity contribution in [3.05, 3.63) is 28.2 Å². The molecule has 17 heavy (non-hydrogen) atoms. The second-order valence-electron chi connectivity index (χ2n) is 4.66. The summed E-state index contributed by atoms with van der Waals surface area (Å²) in [6.07, 6.45) is 2.30. The van der Waals surface area contributed by atoms with Gasteiger partial charge in [-0.1, -0.05) is 6.07 Å². The standard InChI is InChI=1S/C12H16BrNO2S/c1-9-3-6-12(11(13)7-9)17(15,16)14(2)8-10-4-5-10/h3,6-7,10H,4-5,8H2,1-2H3. The molecule has 0 heterocycles. The average molecular weight is 318 g/mol. The van der Waals surface area contributed by atoms with Gasteiger partial charge in [-0.25, -0.2) is 12.7 Å². The maximum absolute atomic E-state index is 12.3. The maximum atomic E-state index is 12.3. The molecule has 1 fully saturated rings. The minimum Gasteiger partial charge on any atom is -0.207 e. The van der Waals surface area contributed by atoms with Crippen molar-refractivity contribution in [3.8, 4) is 0 Å². The number of sulfonamides is 1. The number of hydrogen-bond acceptors (Lipinski definition) is 2. The van der Waals surface area contributed by atoms with Crippen molar-refractivity contribution >= 4 is 26.0 Å². The first-order chi connectivity index (χ1) is 7.91. The molecule has 0 N–H and O–H groups in total. The lowest BCUT2D eigenvalue weighted by Gasteiger charge is -2.17. The molecule has 1 aliphatic rings.